The van der Waals surface area contributed by atoms with E-state index in [0.29, 0.717) is 27.8 Å². The number of rotatable bonds is 6. The Balaban J connectivity index is 1.69. The molecule has 1 heterocycles. The molecule has 1 N–H and O–H groups in total. The molecular weight excluding hydrogens is 401 g/mol. The smallest absolute Gasteiger partial charge is 0.262 e. The Labute approximate surface area is 171 Å². The number of benzene rings is 2. The third-order valence-corrected chi connectivity index (χ3v) is 3.99. The summed E-state index contributed by atoms with van der Waals surface area (Å²) < 4.78 is 11.1. The van der Waals surface area contributed by atoms with Gasteiger partial charge in [-0.15, -0.1) is 0 Å². The van der Waals surface area contributed by atoms with Crippen LogP contribution in [0.1, 0.15) is 5.56 Å². The second-order valence-electron chi connectivity index (χ2n) is 5.48. The van der Waals surface area contributed by atoms with Gasteiger partial charge < -0.3 is 14.8 Å². The van der Waals surface area contributed by atoms with Gasteiger partial charge in [0.05, 0.1) is 16.3 Å². The van der Waals surface area contributed by atoms with Gasteiger partial charge in [-0.2, -0.15) is 5.26 Å². The quantitative estimate of drug-likeness (QED) is 0.609. The van der Waals surface area contributed by atoms with E-state index in [9.17, 15) is 4.79 Å². The molecule has 3 aromatic rings. The molecule has 0 radical (unpaired) electrons. The number of hydrogen-bond acceptors (Lipinski definition) is 5. The number of nitriles is 1. The van der Waals surface area contributed by atoms with Gasteiger partial charge in [-0.05, 0) is 30.3 Å². The van der Waals surface area contributed by atoms with Gasteiger partial charge in [0.1, 0.15) is 16.8 Å². The van der Waals surface area contributed by atoms with Crippen LogP contribution in [0.3, 0.4) is 0 Å². The summed E-state index contributed by atoms with van der Waals surface area (Å²) >= 11 is 11.9. The molecule has 0 aliphatic heterocycles. The Kier molecular flexibility index (Phi) is 6.33. The molecular formula is C20H13Cl2N3O3. The largest absolute Gasteiger partial charge is 0.482 e. The minimum atomic E-state index is -0.418. The number of halogens is 2. The Morgan fingerprint density at radius 2 is 1.82 bits per heavy atom. The summed E-state index contributed by atoms with van der Waals surface area (Å²) in [5.74, 6) is 0.428. The molecule has 0 spiro atoms. The number of ether oxygens (including phenoxy) is 2. The van der Waals surface area contributed by atoms with Crippen LogP contribution in [-0.4, -0.2) is 17.5 Å². The van der Waals surface area contributed by atoms with Gasteiger partial charge in [0.25, 0.3) is 5.91 Å². The molecule has 1 aromatic heterocycles. The van der Waals surface area contributed by atoms with Crippen molar-refractivity contribution in [2.75, 3.05) is 11.9 Å². The molecule has 0 aliphatic carbocycles. The van der Waals surface area contributed by atoms with Gasteiger partial charge in [0.15, 0.2) is 12.4 Å². The highest BCUT2D eigenvalue weighted by atomic mass is 35.5. The molecule has 8 heteroatoms. The first-order chi connectivity index (χ1) is 13.6. The lowest BCUT2D eigenvalue weighted by atomic mass is 10.2. The fraction of sp³-hybridized carbons (Fsp3) is 0.0500. The molecule has 28 heavy (non-hydrogen) atoms. The fourth-order valence-electron chi connectivity index (χ4n) is 2.25. The summed E-state index contributed by atoms with van der Waals surface area (Å²) in [5.41, 5.74) is 0.764. The number of hydrogen-bond donors (Lipinski definition) is 1. The summed E-state index contributed by atoms with van der Waals surface area (Å²) in [6.07, 6.45) is 1.41. The highest BCUT2D eigenvalue weighted by molar-refractivity contribution is 6.35. The van der Waals surface area contributed by atoms with E-state index in [2.05, 4.69) is 10.3 Å². The van der Waals surface area contributed by atoms with E-state index in [-0.39, 0.29) is 17.5 Å². The number of nitrogens with one attached hydrogen (secondary N) is 1. The van der Waals surface area contributed by atoms with Gasteiger partial charge in [-0.3, -0.25) is 4.79 Å². The number of para-hydroxylation sites is 3. The zero-order chi connectivity index (χ0) is 19.9. The van der Waals surface area contributed by atoms with E-state index >= 15 is 0 Å². The topological polar surface area (TPSA) is 84.2 Å². The van der Waals surface area contributed by atoms with Crippen LogP contribution in [0.2, 0.25) is 10.0 Å². The SMILES string of the molecule is N#Cc1ccccc1OCC(=O)Nc1ccccc1Oc1ncc(Cl)cc1Cl. The minimum absolute atomic E-state index is 0.159. The zero-order valence-corrected chi connectivity index (χ0v) is 15.9. The predicted molar refractivity (Wildman–Crippen MR) is 106 cm³/mol. The zero-order valence-electron chi connectivity index (χ0n) is 14.4. The number of anilines is 1. The Morgan fingerprint density at radius 3 is 2.57 bits per heavy atom. The first kappa shape index (κ1) is 19.5. The molecule has 0 bridgehead atoms. The van der Waals surface area contributed by atoms with Crippen LogP contribution >= 0.6 is 23.2 Å². The van der Waals surface area contributed by atoms with Crippen LogP contribution < -0.4 is 14.8 Å². The maximum atomic E-state index is 12.3. The Hall–Kier alpha value is -3.27. The molecule has 3 rings (SSSR count). The second kappa shape index (κ2) is 9.09. The molecule has 140 valence electrons. The summed E-state index contributed by atoms with van der Waals surface area (Å²) in [6, 6.07) is 17.0. The van der Waals surface area contributed by atoms with Gasteiger partial charge >= 0.3 is 0 Å². The van der Waals surface area contributed by atoms with Crippen molar-refractivity contribution in [2.24, 2.45) is 0 Å². The first-order valence-corrected chi connectivity index (χ1v) is 8.82. The molecule has 0 fully saturated rings. The number of pyridine rings is 1. The van der Waals surface area contributed by atoms with Gasteiger partial charge in [-0.1, -0.05) is 47.5 Å². The Bertz CT molecular complexity index is 1050. The first-order valence-electron chi connectivity index (χ1n) is 8.06. The summed E-state index contributed by atoms with van der Waals surface area (Å²) in [4.78, 5) is 16.3. The summed E-state index contributed by atoms with van der Waals surface area (Å²) in [5, 5.41) is 12.4. The van der Waals surface area contributed by atoms with Crippen molar-refractivity contribution in [3.8, 4) is 23.4 Å². The van der Waals surface area contributed by atoms with Crippen LogP contribution in [0.25, 0.3) is 0 Å². The van der Waals surface area contributed by atoms with Crippen molar-refractivity contribution in [2.45, 2.75) is 0 Å². The number of carbonyl (C=O) groups excluding carboxylic acids is 1. The highest BCUT2D eigenvalue weighted by Gasteiger charge is 2.12. The van der Waals surface area contributed by atoms with Crippen LogP contribution in [0.5, 0.6) is 17.4 Å². The molecule has 0 saturated heterocycles. The minimum Gasteiger partial charge on any atom is -0.482 e. The van der Waals surface area contributed by atoms with E-state index in [1.807, 2.05) is 6.07 Å². The van der Waals surface area contributed by atoms with Crippen LogP contribution in [0.4, 0.5) is 5.69 Å². The Morgan fingerprint density at radius 1 is 1.11 bits per heavy atom. The van der Waals surface area contributed by atoms with Crippen molar-refractivity contribution >= 4 is 34.8 Å². The van der Waals surface area contributed by atoms with E-state index in [1.165, 1.54) is 12.3 Å². The third kappa shape index (κ3) is 4.92. The summed E-state index contributed by atoms with van der Waals surface area (Å²) in [6.45, 7) is -0.271. The van der Waals surface area contributed by atoms with Crippen molar-refractivity contribution in [3.63, 3.8) is 0 Å². The highest BCUT2D eigenvalue weighted by Crippen LogP contribution is 2.33. The normalized spacial score (nSPS) is 10.0. The third-order valence-electron chi connectivity index (χ3n) is 3.51. The molecule has 6 nitrogen and oxygen atoms in total. The number of amides is 1. The van der Waals surface area contributed by atoms with Gasteiger partial charge in [0.2, 0.25) is 5.88 Å². The second-order valence-corrected chi connectivity index (χ2v) is 6.33. The van der Waals surface area contributed by atoms with Crippen molar-refractivity contribution in [1.29, 1.82) is 5.26 Å². The maximum absolute atomic E-state index is 12.3. The number of nitrogens with zero attached hydrogens (tertiary/aromatic N) is 2. The lowest BCUT2D eigenvalue weighted by Crippen LogP contribution is -2.20. The number of carbonyl (C=O) groups is 1. The van der Waals surface area contributed by atoms with Crippen molar-refractivity contribution in [3.05, 3.63) is 76.4 Å². The molecule has 1 amide bonds. The lowest BCUT2D eigenvalue weighted by Gasteiger charge is -2.13. The van der Waals surface area contributed by atoms with Gasteiger partial charge in [-0.25, -0.2) is 4.98 Å². The molecule has 0 saturated carbocycles. The standard InChI is InChI=1S/C20H13Cl2N3O3/c21-14-9-15(22)20(24-11-14)28-18-8-4-2-6-16(18)25-19(26)12-27-17-7-3-1-5-13(17)10-23/h1-9,11H,12H2,(H,25,26). The molecule has 2 aromatic carbocycles. The maximum Gasteiger partial charge on any atom is 0.262 e. The van der Waals surface area contributed by atoms with Crippen LogP contribution in [0.15, 0.2) is 60.8 Å². The van der Waals surface area contributed by atoms with Crippen molar-refractivity contribution < 1.29 is 14.3 Å². The molecule has 0 aliphatic rings. The van der Waals surface area contributed by atoms with E-state index in [1.54, 1.807) is 48.5 Å². The molecule has 0 atom stereocenters. The molecule has 0 unspecified atom stereocenters. The van der Waals surface area contributed by atoms with E-state index in [0.717, 1.165) is 0 Å². The van der Waals surface area contributed by atoms with Gasteiger partial charge in [0, 0.05) is 6.20 Å². The predicted octanol–water partition coefficient (Wildman–Crippen LogP) is 5.07. The average molecular weight is 414 g/mol. The number of aromatic nitrogens is 1. The fourth-order valence-corrected chi connectivity index (χ4v) is 2.67. The summed E-state index contributed by atoms with van der Waals surface area (Å²) in [7, 11) is 0. The van der Waals surface area contributed by atoms with Crippen LogP contribution in [0, 0.1) is 11.3 Å². The average Bonchev–Trinajstić information content (AvgIpc) is 2.70. The van der Waals surface area contributed by atoms with E-state index in [4.69, 9.17) is 37.9 Å². The van der Waals surface area contributed by atoms with Crippen molar-refractivity contribution in [1.82, 2.24) is 4.98 Å². The van der Waals surface area contributed by atoms with E-state index < -0.39 is 5.91 Å². The van der Waals surface area contributed by atoms with Crippen LogP contribution in [-0.2, 0) is 4.79 Å². The monoisotopic (exact) mass is 413 g/mol. The lowest BCUT2D eigenvalue weighted by molar-refractivity contribution is -0.118.